The molecule has 1 fully saturated rings. The fraction of sp³-hybridized carbons (Fsp3) is 0.208. The number of carbonyl (C=O) groups excluding carboxylic acids is 3. The molecule has 0 aromatic heterocycles. The van der Waals surface area contributed by atoms with E-state index in [0.29, 0.717) is 11.3 Å². The van der Waals surface area contributed by atoms with Crippen molar-refractivity contribution in [1.82, 2.24) is 0 Å². The number of para-hydroxylation sites is 1. The summed E-state index contributed by atoms with van der Waals surface area (Å²) in [7, 11) is 0. The first kappa shape index (κ1) is 18.9. The number of anilines is 1. The second-order valence-electron chi connectivity index (χ2n) is 7.04. The molecule has 4 rings (SSSR count). The average molecular weight is 387 g/mol. The van der Waals surface area contributed by atoms with Crippen LogP contribution in [0.3, 0.4) is 0 Å². The van der Waals surface area contributed by atoms with Gasteiger partial charge in [-0.2, -0.15) is 0 Å². The quantitative estimate of drug-likeness (QED) is 0.581. The Hall–Kier alpha value is -3.47. The monoisotopic (exact) mass is 387 g/mol. The van der Waals surface area contributed by atoms with E-state index in [2.05, 4.69) is 0 Å². The summed E-state index contributed by atoms with van der Waals surface area (Å²) in [4.78, 5) is 40.0. The van der Waals surface area contributed by atoms with E-state index in [1.54, 1.807) is 37.3 Å². The second-order valence-corrected chi connectivity index (χ2v) is 7.04. The van der Waals surface area contributed by atoms with Crippen molar-refractivity contribution >= 4 is 29.5 Å². The van der Waals surface area contributed by atoms with Crippen molar-refractivity contribution in [2.75, 3.05) is 11.5 Å². The molecule has 0 saturated carbocycles. The smallest absolute Gasteiger partial charge is 0.334 e. The number of nitrogens with zero attached hydrogens (tertiary/aromatic N) is 1. The Morgan fingerprint density at radius 1 is 1.00 bits per heavy atom. The maximum absolute atomic E-state index is 13.2. The van der Waals surface area contributed by atoms with Crippen LogP contribution in [0.2, 0.25) is 0 Å². The van der Waals surface area contributed by atoms with Crippen LogP contribution in [0.4, 0.5) is 5.69 Å². The van der Waals surface area contributed by atoms with Crippen molar-refractivity contribution < 1.29 is 19.1 Å². The lowest BCUT2D eigenvalue weighted by Crippen LogP contribution is -2.33. The lowest BCUT2D eigenvalue weighted by molar-refractivity contribution is -0.139. The molecular formula is C24H21NO4. The maximum Gasteiger partial charge on any atom is 0.334 e. The van der Waals surface area contributed by atoms with E-state index in [1.165, 1.54) is 4.90 Å². The number of imide groups is 1. The molecule has 5 heteroatoms. The van der Waals surface area contributed by atoms with Crippen LogP contribution in [-0.2, 0) is 19.1 Å². The van der Waals surface area contributed by atoms with Crippen molar-refractivity contribution in [2.45, 2.75) is 6.92 Å². The largest absolute Gasteiger partial charge is 0.463 e. The van der Waals surface area contributed by atoms with Crippen molar-refractivity contribution in [3.05, 3.63) is 84.0 Å². The van der Waals surface area contributed by atoms with Gasteiger partial charge in [0.25, 0.3) is 0 Å². The molecule has 3 atom stereocenters. The van der Waals surface area contributed by atoms with E-state index in [4.69, 9.17) is 4.74 Å². The van der Waals surface area contributed by atoms with Crippen LogP contribution in [-0.4, -0.2) is 24.4 Å². The number of hydrogen-bond acceptors (Lipinski definition) is 4. The van der Waals surface area contributed by atoms with Crippen molar-refractivity contribution in [3.8, 4) is 0 Å². The van der Waals surface area contributed by atoms with E-state index in [1.807, 2.05) is 48.6 Å². The number of rotatable bonds is 5. The number of amides is 2. The Bertz CT molecular complexity index is 994. The van der Waals surface area contributed by atoms with Crippen LogP contribution in [0, 0.1) is 17.8 Å². The van der Waals surface area contributed by atoms with Gasteiger partial charge >= 0.3 is 5.97 Å². The molecule has 1 saturated heterocycles. The zero-order valence-electron chi connectivity index (χ0n) is 16.0. The van der Waals surface area contributed by atoms with Gasteiger partial charge in [0.2, 0.25) is 11.8 Å². The number of fused-ring (bicyclic) bond motifs is 1. The molecule has 29 heavy (non-hydrogen) atoms. The Morgan fingerprint density at radius 3 is 2.31 bits per heavy atom. The number of ether oxygens (including phenoxy) is 1. The van der Waals surface area contributed by atoms with Gasteiger partial charge in [0.05, 0.1) is 24.1 Å². The third-order valence-corrected chi connectivity index (χ3v) is 5.32. The summed E-state index contributed by atoms with van der Waals surface area (Å²) >= 11 is 0. The van der Waals surface area contributed by atoms with E-state index < -0.39 is 23.7 Å². The standard InChI is InChI=1S/C24H21NO4/c1-2-29-24(28)19-15-20-21(18(19)14-13-16-9-5-3-6-10-16)23(27)25(22(20)26)17-11-7-4-8-12-17/h3-15,18,20-21H,2H2,1H3/b14-13+/t18-,20-,21+/m0/s1. The molecule has 2 aromatic carbocycles. The van der Waals surface area contributed by atoms with Gasteiger partial charge in [-0.1, -0.05) is 66.8 Å². The van der Waals surface area contributed by atoms with Gasteiger partial charge < -0.3 is 4.74 Å². The minimum atomic E-state index is -0.660. The number of esters is 1. The van der Waals surface area contributed by atoms with Gasteiger partial charge in [-0.05, 0) is 24.6 Å². The molecule has 2 aliphatic rings. The predicted octanol–water partition coefficient (Wildman–Crippen LogP) is 3.62. The van der Waals surface area contributed by atoms with Crippen LogP contribution in [0.1, 0.15) is 12.5 Å². The number of hydrogen-bond donors (Lipinski definition) is 0. The fourth-order valence-electron chi connectivity index (χ4n) is 4.02. The highest BCUT2D eigenvalue weighted by atomic mass is 16.5. The first-order valence-electron chi connectivity index (χ1n) is 9.66. The zero-order valence-corrected chi connectivity index (χ0v) is 16.0. The topological polar surface area (TPSA) is 63.7 Å². The molecule has 1 aliphatic carbocycles. The molecule has 146 valence electrons. The molecule has 5 nitrogen and oxygen atoms in total. The normalized spacial score (nSPS) is 23.4. The molecule has 1 heterocycles. The number of carbonyl (C=O) groups is 3. The van der Waals surface area contributed by atoms with E-state index in [9.17, 15) is 14.4 Å². The second kappa shape index (κ2) is 7.87. The molecule has 2 amide bonds. The Morgan fingerprint density at radius 2 is 1.66 bits per heavy atom. The molecule has 2 aromatic rings. The molecule has 0 bridgehead atoms. The Labute approximate surface area is 169 Å². The lowest BCUT2D eigenvalue weighted by atomic mass is 9.87. The summed E-state index contributed by atoms with van der Waals surface area (Å²) in [5, 5.41) is 0. The highest BCUT2D eigenvalue weighted by molar-refractivity contribution is 6.24. The molecule has 0 spiro atoms. The molecule has 0 N–H and O–H groups in total. The summed E-state index contributed by atoms with van der Waals surface area (Å²) in [6.07, 6.45) is 5.33. The fourth-order valence-corrected chi connectivity index (χ4v) is 4.02. The zero-order chi connectivity index (χ0) is 20.4. The lowest BCUT2D eigenvalue weighted by Gasteiger charge is -2.19. The Kier molecular flexibility index (Phi) is 5.12. The van der Waals surface area contributed by atoms with Crippen molar-refractivity contribution in [1.29, 1.82) is 0 Å². The third kappa shape index (κ3) is 3.40. The van der Waals surface area contributed by atoms with Crippen LogP contribution in [0.5, 0.6) is 0 Å². The average Bonchev–Trinajstić information content (AvgIpc) is 3.24. The van der Waals surface area contributed by atoms with Gasteiger partial charge in [0.15, 0.2) is 0 Å². The number of allylic oxidation sites excluding steroid dienone is 1. The molecular weight excluding hydrogens is 366 g/mol. The first-order chi connectivity index (χ1) is 14.1. The van der Waals surface area contributed by atoms with Crippen LogP contribution < -0.4 is 4.90 Å². The molecule has 1 aliphatic heterocycles. The molecule has 0 radical (unpaired) electrons. The van der Waals surface area contributed by atoms with Crippen molar-refractivity contribution in [3.63, 3.8) is 0 Å². The van der Waals surface area contributed by atoms with E-state index in [-0.39, 0.29) is 18.4 Å². The number of benzene rings is 2. The van der Waals surface area contributed by atoms with Crippen LogP contribution in [0.25, 0.3) is 6.08 Å². The minimum absolute atomic E-state index is 0.235. The highest BCUT2D eigenvalue weighted by Gasteiger charge is 2.55. The first-order valence-corrected chi connectivity index (χ1v) is 9.66. The summed E-state index contributed by atoms with van der Waals surface area (Å²) in [6.45, 7) is 1.97. The van der Waals surface area contributed by atoms with Crippen LogP contribution >= 0.6 is 0 Å². The van der Waals surface area contributed by atoms with Gasteiger partial charge in [-0.15, -0.1) is 0 Å². The summed E-state index contributed by atoms with van der Waals surface area (Å²) in [5.41, 5.74) is 1.88. The van der Waals surface area contributed by atoms with Gasteiger partial charge in [-0.25, -0.2) is 9.69 Å². The van der Waals surface area contributed by atoms with Crippen LogP contribution in [0.15, 0.2) is 78.4 Å². The van der Waals surface area contributed by atoms with Gasteiger partial charge in [0, 0.05) is 11.5 Å². The Balaban J connectivity index is 1.71. The van der Waals surface area contributed by atoms with E-state index in [0.717, 1.165) is 5.56 Å². The third-order valence-electron chi connectivity index (χ3n) is 5.32. The minimum Gasteiger partial charge on any atom is -0.463 e. The maximum atomic E-state index is 13.2. The van der Waals surface area contributed by atoms with Gasteiger partial charge in [0.1, 0.15) is 0 Å². The van der Waals surface area contributed by atoms with Crippen molar-refractivity contribution in [2.24, 2.45) is 17.8 Å². The van der Waals surface area contributed by atoms with E-state index >= 15 is 0 Å². The summed E-state index contributed by atoms with van der Waals surface area (Å²) in [6, 6.07) is 18.5. The summed E-state index contributed by atoms with van der Waals surface area (Å²) in [5.74, 6) is -2.87. The predicted molar refractivity (Wildman–Crippen MR) is 110 cm³/mol. The van der Waals surface area contributed by atoms with Gasteiger partial charge in [-0.3, -0.25) is 9.59 Å². The molecule has 0 unspecified atom stereocenters. The summed E-state index contributed by atoms with van der Waals surface area (Å²) < 4.78 is 5.18. The SMILES string of the molecule is CCOC(=O)C1=C[C@@H]2C(=O)N(c3ccccc3)C(=O)[C@@H]2[C@H]1/C=C/c1ccccc1. The highest BCUT2D eigenvalue weighted by Crippen LogP contribution is 2.45.